The summed E-state index contributed by atoms with van der Waals surface area (Å²) in [6.07, 6.45) is 8.54. The van der Waals surface area contributed by atoms with E-state index in [9.17, 15) is 70.4 Å². The fraction of sp³-hybridized carbons (Fsp3) is 0.600. The average Bonchev–Trinajstić information content (AvgIpc) is 0.868. The molecule has 1 atom stereocenters. The topological polar surface area (TPSA) is 360 Å². The molecular formula is C55H74F9N7O14S4. The second-order valence-corrected chi connectivity index (χ2v) is 28.9. The van der Waals surface area contributed by atoms with Gasteiger partial charge in [0.05, 0.1) is 17.1 Å². The smallest absolute Gasteiger partial charge is 0.303 e. The summed E-state index contributed by atoms with van der Waals surface area (Å²) in [7, 11) is -19.6. The number of carboxylic acid groups (broad SMARTS) is 1. The standard InChI is InChI=1S/C37H49F6N5O8S2.C18H25F3N2O6S2/c38-29-23(24(17-16-21-7-3-8-21)31(40)36(32(29)41)57(44,52)53)11-5-13-26(50)46-18-2-1-15-28(56-20-49)48-27(51)14-6-12-25-30(39)33(42)37(58(45,54)55)34(43)35(25)47-19-22-9-4-10-22;19-13-14(20)18(30(26,27)10-6-9-12(24)25)16(15(21)17(13)31(22,28)29)23-11-7-4-2-1-3-5-8-11/h20-22,28,47H,1-19H2,(H,46,50)(H,48,51)(H2,44,52,53)(H2,45,54,55);11,23H,1-10H2,(H,24,25)(H2,22,28,29). The molecule has 21 nitrogen and oxygen atoms in total. The summed E-state index contributed by atoms with van der Waals surface area (Å²) in [4.78, 5) is 40.6. The van der Waals surface area contributed by atoms with Gasteiger partial charge in [-0.15, -0.1) is 0 Å². The summed E-state index contributed by atoms with van der Waals surface area (Å²) in [6.45, 7) is 0.444. The highest BCUT2D eigenvalue weighted by atomic mass is 32.2. The number of aliphatic carboxylic acids is 1. The molecule has 3 aliphatic carbocycles. The van der Waals surface area contributed by atoms with Crippen LogP contribution in [0.15, 0.2) is 19.6 Å². The average molecular weight is 1360 g/mol. The number of hydrogen-bond donors (Lipinski definition) is 8. The van der Waals surface area contributed by atoms with Crippen molar-refractivity contribution in [3.63, 3.8) is 0 Å². The van der Waals surface area contributed by atoms with Crippen molar-refractivity contribution < 1.29 is 102 Å². The Morgan fingerprint density at radius 2 is 1.01 bits per heavy atom. The van der Waals surface area contributed by atoms with Gasteiger partial charge in [0, 0.05) is 50.4 Å². The largest absolute Gasteiger partial charge is 0.481 e. The first kappa shape index (κ1) is 73.9. The molecule has 0 spiro atoms. The zero-order valence-corrected chi connectivity index (χ0v) is 51.7. The van der Waals surface area contributed by atoms with Crippen LogP contribution in [0.25, 0.3) is 0 Å². The van der Waals surface area contributed by atoms with Gasteiger partial charge in [-0.2, -0.15) is 0 Å². The van der Waals surface area contributed by atoms with Gasteiger partial charge in [-0.1, -0.05) is 57.8 Å². The zero-order valence-electron chi connectivity index (χ0n) is 48.4. The van der Waals surface area contributed by atoms with Crippen molar-refractivity contribution in [2.24, 2.45) is 27.3 Å². The predicted octanol–water partition coefficient (Wildman–Crippen LogP) is 7.92. The van der Waals surface area contributed by atoms with Crippen molar-refractivity contribution in [2.45, 2.75) is 199 Å². The number of sulfonamides is 3. The quantitative estimate of drug-likeness (QED) is 0.00967. The molecule has 11 N–H and O–H groups in total. The van der Waals surface area contributed by atoms with Gasteiger partial charge in [0.25, 0.3) is 6.47 Å². The van der Waals surface area contributed by atoms with Gasteiger partial charge < -0.3 is 31.1 Å². The second-order valence-electron chi connectivity index (χ2n) is 22.3. The Bertz CT molecular complexity index is 3520. The van der Waals surface area contributed by atoms with Crippen LogP contribution in [0.1, 0.15) is 164 Å². The van der Waals surface area contributed by atoms with Crippen molar-refractivity contribution in [3.8, 4) is 0 Å². The van der Waals surface area contributed by atoms with E-state index in [1.165, 1.54) is 0 Å². The molecule has 6 rings (SSSR count). The van der Waals surface area contributed by atoms with Crippen molar-refractivity contribution in [1.82, 2.24) is 10.6 Å². The molecule has 34 heteroatoms. The van der Waals surface area contributed by atoms with E-state index in [0.29, 0.717) is 32.1 Å². The normalized spacial score (nSPS) is 15.7. The van der Waals surface area contributed by atoms with E-state index in [-0.39, 0.29) is 93.9 Å². The van der Waals surface area contributed by atoms with Gasteiger partial charge in [-0.3, -0.25) is 19.2 Å². The van der Waals surface area contributed by atoms with Crippen LogP contribution >= 0.6 is 0 Å². The number of carboxylic acids is 1. The molecule has 0 heterocycles. The minimum Gasteiger partial charge on any atom is -0.481 e. The number of hydrogen-bond acceptors (Lipinski definition) is 15. The number of nitrogens with two attached hydrogens (primary N) is 3. The van der Waals surface area contributed by atoms with Gasteiger partial charge in [-0.25, -0.2) is 88.6 Å². The maximum absolute atomic E-state index is 15.3. The molecule has 1 unspecified atom stereocenters. The van der Waals surface area contributed by atoms with E-state index in [2.05, 4.69) is 21.3 Å². The number of primary sulfonamides is 3. The number of carbonyl (C=O) groups is 4. The Morgan fingerprint density at radius 3 is 1.54 bits per heavy atom. The number of ether oxygens (including phenoxy) is 1. The zero-order chi connectivity index (χ0) is 66.2. The van der Waals surface area contributed by atoms with Crippen LogP contribution in [-0.2, 0) is 83.1 Å². The highest BCUT2D eigenvalue weighted by molar-refractivity contribution is 7.91. The molecule has 3 aromatic rings. The molecule has 3 fully saturated rings. The summed E-state index contributed by atoms with van der Waals surface area (Å²) in [6, 6.07) is -0.499. The monoisotopic (exact) mass is 1360 g/mol. The summed E-state index contributed by atoms with van der Waals surface area (Å²) in [5, 5.41) is 33.8. The third-order valence-corrected chi connectivity index (χ3v) is 20.4. The third kappa shape index (κ3) is 20.6. The van der Waals surface area contributed by atoms with Crippen LogP contribution in [0.3, 0.4) is 0 Å². The number of nitrogens with one attached hydrogen (secondary N) is 4. The lowest BCUT2D eigenvalue weighted by molar-refractivity contribution is -0.139. The molecule has 89 heavy (non-hydrogen) atoms. The molecule has 3 saturated carbocycles. The summed E-state index contributed by atoms with van der Waals surface area (Å²) in [5.41, 5.74) is -2.65. The lowest BCUT2D eigenvalue weighted by Crippen LogP contribution is -2.36. The van der Waals surface area contributed by atoms with Crippen LogP contribution in [0, 0.1) is 64.2 Å². The Labute approximate surface area is 510 Å². The number of halogens is 9. The SMILES string of the molecule is NS(=O)(=O)c1c(F)c(F)c(CCCC(=O)NCCCCC(NC(=O)CCCc2c(F)c(F)c(S(N)(=O)=O)c(F)c2NCC2CCC2)OC=O)c(CCC2CCC2)c1F.NS(=O)(=O)c1c(F)c(F)c(S(=O)(=O)CCCC(=O)O)c(NC2CCCCCCC2)c1F. The number of carbonyl (C=O) groups excluding carboxylic acids is 3. The van der Waals surface area contributed by atoms with Crippen molar-refractivity contribution in [2.75, 3.05) is 29.5 Å². The van der Waals surface area contributed by atoms with Crippen LogP contribution in [0.5, 0.6) is 0 Å². The Hall–Kier alpha value is -5.81. The van der Waals surface area contributed by atoms with E-state index in [4.69, 9.17) is 25.3 Å². The maximum atomic E-state index is 15.3. The lowest BCUT2D eigenvalue weighted by Gasteiger charge is -2.27. The first-order chi connectivity index (χ1) is 41.7. The Kier molecular flexibility index (Phi) is 27.4. The Morgan fingerprint density at radius 1 is 0.528 bits per heavy atom. The van der Waals surface area contributed by atoms with Crippen molar-refractivity contribution >= 4 is 75.5 Å². The number of rotatable bonds is 32. The molecule has 0 aromatic heterocycles. The highest BCUT2D eigenvalue weighted by Gasteiger charge is 2.38. The minimum absolute atomic E-state index is 0.0101. The van der Waals surface area contributed by atoms with Gasteiger partial charge in [0.2, 0.25) is 41.9 Å². The first-order valence-electron chi connectivity index (χ1n) is 29.0. The Balaban J connectivity index is 0.000000391. The highest BCUT2D eigenvalue weighted by Crippen LogP contribution is 2.39. The van der Waals surface area contributed by atoms with Crippen LogP contribution in [0.4, 0.5) is 50.9 Å². The van der Waals surface area contributed by atoms with Crippen LogP contribution in [0.2, 0.25) is 0 Å². The van der Waals surface area contributed by atoms with E-state index < -0.39 is 177 Å². The van der Waals surface area contributed by atoms with Gasteiger partial charge in [-0.05, 0) is 106 Å². The molecule has 3 aliphatic rings. The predicted molar refractivity (Wildman–Crippen MR) is 305 cm³/mol. The van der Waals surface area contributed by atoms with Gasteiger partial charge >= 0.3 is 5.97 Å². The molecule has 500 valence electrons. The van der Waals surface area contributed by atoms with Crippen LogP contribution < -0.4 is 36.7 Å². The van der Waals surface area contributed by atoms with Crippen LogP contribution in [-0.4, -0.2) is 94.1 Å². The summed E-state index contributed by atoms with van der Waals surface area (Å²) >= 11 is 0. The number of anilines is 2. The maximum Gasteiger partial charge on any atom is 0.303 e. The third-order valence-electron chi connectivity index (χ3n) is 15.8. The summed E-state index contributed by atoms with van der Waals surface area (Å²) < 4.78 is 235. The first-order valence-corrected chi connectivity index (χ1v) is 35.3. The van der Waals surface area contributed by atoms with E-state index in [1.54, 1.807) is 0 Å². The molecule has 0 saturated heterocycles. The molecule has 0 aliphatic heterocycles. The van der Waals surface area contributed by atoms with E-state index in [1.807, 2.05) is 0 Å². The van der Waals surface area contributed by atoms with E-state index >= 15 is 22.0 Å². The number of unbranched alkanes of at least 4 members (excludes halogenated alkanes) is 1. The summed E-state index contributed by atoms with van der Waals surface area (Å²) in [5.74, 6) is -19.0. The van der Waals surface area contributed by atoms with Gasteiger partial charge in [0.15, 0.2) is 77.3 Å². The second kappa shape index (κ2) is 33.0. The lowest BCUT2D eigenvalue weighted by atomic mass is 9.80. The van der Waals surface area contributed by atoms with E-state index in [0.717, 1.165) is 70.6 Å². The van der Waals surface area contributed by atoms with Crippen molar-refractivity contribution in [3.05, 3.63) is 69.0 Å². The van der Waals surface area contributed by atoms with Crippen molar-refractivity contribution in [1.29, 1.82) is 0 Å². The fourth-order valence-electron chi connectivity index (χ4n) is 10.7. The number of sulfone groups is 1. The fourth-order valence-corrected chi connectivity index (χ4v) is 14.3. The molecule has 2 amide bonds. The molecule has 3 aromatic carbocycles. The molecule has 0 bridgehead atoms. The molecular weight excluding hydrogens is 1280 g/mol. The number of benzene rings is 3. The van der Waals surface area contributed by atoms with Gasteiger partial charge in [0.1, 0.15) is 10.7 Å². The molecule has 0 radical (unpaired) electrons. The minimum atomic E-state index is -5.06. The number of amides is 2.